The lowest BCUT2D eigenvalue weighted by Gasteiger charge is -2.10. The molecule has 0 fully saturated rings. The molecule has 0 saturated carbocycles. The fourth-order valence-electron chi connectivity index (χ4n) is 1.60. The van der Waals surface area contributed by atoms with Gasteiger partial charge in [-0.3, -0.25) is 0 Å². The molecule has 0 heterocycles. The maximum Gasteiger partial charge on any atom is 0.238 e. The van der Waals surface area contributed by atoms with Crippen LogP contribution in [0, 0.1) is 5.82 Å². The Balaban J connectivity index is 2.38. The number of sulfonamides is 1. The van der Waals surface area contributed by atoms with E-state index < -0.39 is 15.8 Å². The number of benzene rings is 2. The van der Waals surface area contributed by atoms with Gasteiger partial charge in [0.2, 0.25) is 10.0 Å². The van der Waals surface area contributed by atoms with Gasteiger partial charge in [0.1, 0.15) is 5.82 Å². The van der Waals surface area contributed by atoms with Crippen molar-refractivity contribution >= 4 is 43.0 Å². The molecule has 8 heteroatoms. The topological polar surface area (TPSA) is 98.2 Å². The fourth-order valence-corrected chi connectivity index (χ4v) is 2.57. The molecule has 2 aromatic rings. The highest BCUT2D eigenvalue weighted by Gasteiger charge is 2.10. The zero-order valence-electron chi connectivity index (χ0n) is 10.1. The van der Waals surface area contributed by atoms with E-state index in [1.54, 1.807) is 6.07 Å². The number of nitrogens with two attached hydrogens (primary N) is 2. The average Bonchev–Trinajstić information content (AvgIpc) is 2.32. The van der Waals surface area contributed by atoms with E-state index in [0.29, 0.717) is 11.4 Å². The van der Waals surface area contributed by atoms with Crippen LogP contribution in [0.25, 0.3) is 0 Å². The average molecular weight is 360 g/mol. The fraction of sp³-hybridized carbons (Fsp3) is 0. The van der Waals surface area contributed by atoms with E-state index in [4.69, 9.17) is 10.9 Å². The van der Waals surface area contributed by atoms with Crippen molar-refractivity contribution in [3.8, 4) is 0 Å². The molecule has 5 N–H and O–H groups in total. The van der Waals surface area contributed by atoms with Crippen molar-refractivity contribution in [3.05, 3.63) is 46.7 Å². The summed E-state index contributed by atoms with van der Waals surface area (Å²) in [7, 11) is -3.84. The number of anilines is 3. The molecule has 0 radical (unpaired) electrons. The molecule has 20 heavy (non-hydrogen) atoms. The second-order valence-electron chi connectivity index (χ2n) is 4.09. The van der Waals surface area contributed by atoms with Crippen molar-refractivity contribution in [1.29, 1.82) is 0 Å². The second-order valence-corrected chi connectivity index (χ2v) is 6.51. The minimum absolute atomic E-state index is 0.0961. The highest BCUT2D eigenvalue weighted by molar-refractivity contribution is 9.10. The van der Waals surface area contributed by atoms with Crippen molar-refractivity contribution < 1.29 is 12.8 Å². The van der Waals surface area contributed by atoms with Crippen LogP contribution >= 0.6 is 15.9 Å². The molecule has 2 rings (SSSR count). The Kier molecular flexibility index (Phi) is 3.98. The first-order chi connectivity index (χ1) is 9.25. The summed E-state index contributed by atoms with van der Waals surface area (Å²) < 4.78 is 36.1. The summed E-state index contributed by atoms with van der Waals surface area (Å²) in [5.41, 5.74) is 6.90. The summed E-state index contributed by atoms with van der Waals surface area (Å²) in [6, 6.07) is 8.48. The third kappa shape index (κ3) is 3.47. The molecule has 106 valence electrons. The Morgan fingerprint density at radius 3 is 2.40 bits per heavy atom. The van der Waals surface area contributed by atoms with Gasteiger partial charge >= 0.3 is 0 Å². The molecule has 0 aliphatic heterocycles. The molecule has 0 saturated heterocycles. The molecule has 0 spiro atoms. The van der Waals surface area contributed by atoms with Crippen LogP contribution in [0.2, 0.25) is 0 Å². The van der Waals surface area contributed by atoms with Crippen LogP contribution in [-0.2, 0) is 10.0 Å². The Labute approximate surface area is 124 Å². The Bertz CT molecular complexity index is 765. The van der Waals surface area contributed by atoms with Crippen LogP contribution < -0.4 is 16.2 Å². The highest BCUT2D eigenvalue weighted by Crippen LogP contribution is 2.26. The van der Waals surface area contributed by atoms with Crippen LogP contribution in [0.1, 0.15) is 0 Å². The van der Waals surface area contributed by atoms with E-state index in [2.05, 4.69) is 21.2 Å². The normalized spacial score (nSPS) is 11.3. The summed E-state index contributed by atoms with van der Waals surface area (Å²) in [5, 5.41) is 7.99. The van der Waals surface area contributed by atoms with Gasteiger partial charge in [-0.25, -0.2) is 17.9 Å². The van der Waals surface area contributed by atoms with Gasteiger partial charge in [-0.05, 0) is 52.3 Å². The summed E-state index contributed by atoms with van der Waals surface area (Å²) in [4.78, 5) is -0.0961. The minimum Gasteiger partial charge on any atom is -0.399 e. The van der Waals surface area contributed by atoms with E-state index in [-0.39, 0.29) is 15.1 Å². The van der Waals surface area contributed by atoms with Crippen LogP contribution in [0.3, 0.4) is 0 Å². The van der Waals surface area contributed by atoms with E-state index in [1.807, 2.05) is 0 Å². The Morgan fingerprint density at radius 1 is 1.10 bits per heavy atom. The molecule has 0 aromatic heterocycles. The number of hydrogen-bond donors (Lipinski definition) is 3. The SMILES string of the molecule is Nc1cc(Nc2ccc(F)c(Br)c2)cc(S(N)(=O)=O)c1. The Hall–Kier alpha value is -1.64. The third-order valence-corrected chi connectivity index (χ3v) is 3.97. The first-order valence-corrected chi connectivity index (χ1v) is 7.75. The zero-order valence-corrected chi connectivity index (χ0v) is 12.5. The predicted molar refractivity (Wildman–Crippen MR) is 79.6 cm³/mol. The quantitative estimate of drug-likeness (QED) is 0.733. The van der Waals surface area contributed by atoms with Crippen molar-refractivity contribution in [3.63, 3.8) is 0 Å². The molecule has 2 aromatic carbocycles. The standard InChI is InChI=1S/C12H11BrFN3O2S/c13-11-6-8(1-2-12(11)14)17-9-3-7(15)4-10(5-9)20(16,18)19/h1-6,17H,15H2,(H2,16,18,19). The van der Waals surface area contributed by atoms with Gasteiger partial charge in [0.15, 0.2) is 0 Å². The largest absolute Gasteiger partial charge is 0.399 e. The number of hydrogen-bond acceptors (Lipinski definition) is 4. The summed E-state index contributed by atoms with van der Waals surface area (Å²) in [5.74, 6) is -0.395. The highest BCUT2D eigenvalue weighted by atomic mass is 79.9. The Morgan fingerprint density at radius 2 is 1.80 bits per heavy atom. The molecule has 0 unspecified atom stereocenters. The molecule has 0 aliphatic rings. The monoisotopic (exact) mass is 359 g/mol. The van der Waals surface area contributed by atoms with Crippen molar-refractivity contribution in [1.82, 2.24) is 0 Å². The van der Waals surface area contributed by atoms with E-state index >= 15 is 0 Å². The molecular formula is C12H11BrFN3O2S. The number of nitrogen functional groups attached to an aromatic ring is 1. The minimum atomic E-state index is -3.84. The van der Waals surface area contributed by atoms with Crippen LogP contribution in [0.15, 0.2) is 45.8 Å². The lowest BCUT2D eigenvalue weighted by Crippen LogP contribution is -2.12. The predicted octanol–water partition coefficient (Wildman–Crippen LogP) is 2.56. The van der Waals surface area contributed by atoms with Gasteiger partial charge in [-0.2, -0.15) is 0 Å². The van der Waals surface area contributed by atoms with Gasteiger partial charge in [0.05, 0.1) is 9.37 Å². The zero-order chi connectivity index (χ0) is 14.9. The van der Waals surface area contributed by atoms with E-state index in [1.165, 1.54) is 30.3 Å². The van der Waals surface area contributed by atoms with Crippen LogP contribution in [0.4, 0.5) is 21.5 Å². The molecule has 0 atom stereocenters. The number of halogens is 2. The summed E-state index contributed by atoms with van der Waals surface area (Å²) >= 11 is 3.06. The number of rotatable bonds is 3. The summed E-state index contributed by atoms with van der Waals surface area (Å²) in [6.45, 7) is 0. The molecule has 0 bridgehead atoms. The van der Waals surface area contributed by atoms with Crippen molar-refractivity contribution in [2.24, 2.45) is 5.14 Å². The lowest BCUT2D eigenvalue weighted by atomic mass is 10.2. The van der Waals surface area contributed by atoms with Crippen molar-refractivity contribution in [2.45, 2.75) is 4.90 Å². The van der Waals surface area contributed by atoms with E-state index in [0.717, 1.165) is 0 Å². The second kappa shape index (κ2) is 5.39. The third-order valence-electron chi connectivity index (χ3n) is 2.47. The molecular weight excluding hydrogens is 349 g/mol. The van der Waals surface area contributed by atoms with Gasteiger partial charge in [-0.1, -0.05) is 0 Å². The van der Waals surface area contributed by atoms with E-state index in [9.17, 15) is 12.8 Å². The smallest absolute Gasteiger partial charge is 0.238 e. The first-order valence-electron chi connectivity index (χ1n) is 5.41. The van der Waals surface area contributed by atoms with Crippen LogP contribution in [-0.4, -0.2) is 8.42 Å². The first kappa shape index (κ1) is 14.8. The van der Waals surface area contributed by atoms with Gasteiger partial charge in [0, 0.05) is 17.1 Å². The summed E-state index contributed by atoms with van der Waals surface area (Å²) in [6.07, 6.45) is 0. The van der Waals surface area contributed by atoms with Gasteiger partial charge < -0.3 is 11.1 Å². The van der Waals surface area contributed by atoms with Crippen molar-refractivity contribution in [2.75, 3.05) is 11.1 Å². The van der Waals surface area contributed by atoms with Crippen LogP contribution in [0.5, 0.6) is 0 Å². The number of nitrogens with one attached hydrogen (secondary N) is 1. The lowest BCUT2D eigenvalue weighted by molar-refractivity contribution is 0.598. The maximum atomic E-state index is 13.1. The van der Waals surface area contributed by atoms with Gasteiger partial charge in [0.25, 0.3) is 0 Å². The molecule has 0 aliphatic carbocycles. The van der Waals surface area contributed by atoms with Gasteiger partial charge in [-0.15, -0.1) is 0 Å². The number of primary sulfonamides is 1. The maximum absolute atomic E-state index is 13.1. The molecule has 0 amide bonds. The molecule has 5 nitrogen and oxygen atoms in total.